The first-order valence-corrected chi connectivity index (χ1v) is 5.95. The van der Waals surface area contributed by atoms with Gasteiger partial charge in [-0.25, -0.2) is 0 Å². The van der Waals surface area contributed by atoms with Crippen molar-refractivity contribution in [2.45, 2.75) is 0 Å². The highest BCUT2D eigenvalue weighted by Gasteiger charge is 2.14. The van der Waals surface area contributed by atoms with Crippen LogP contribution in [0.4, 0.5) is 5.69 Å². The van der Waals surface area contributed by atoms with Crippen LogP contribution in [0.25, 0.3) is 0 Å². The Balaban J connectivity index is 2.25. The Kier molecular flexibility index (Phi) is 4.43. The first-order chi connectivity index (χ1) is 9.72. The van der Waals surface area contributed by atoms with E-state index in [1.165, 1.54) is 11.1 Å². The van der Waals surface area contributed by atoms with Crippen molar-refractivity contribution in [2.75, 3.05) is 18.6 Å². The normalized spacial score (nSPS) is 9.50. The zero-order valence-electron chi connectivity index (χ0n) is 10.9. The van der Waals surface area contributed by atoms with Gasteiger partial charge < -0.3 is 10.0 Å². The summed E-state index contributed by atoms with van der Waals surface area (Å²) in [6.07, 6.45) is 6.29. The van der Waals surface area contributed by atoms with Gasteiger partial charge in [0.15, 0.2) is 0 Å². The first-order valence-electron chi connectivity index (χ1n) is 5.95. The number of anilines is 1. The molecule has 1 amide bonds. The summed E-state index contributed by atoms with van der Waals surface area (Å²) in [7, 11) is 1.67. The third-order valence-corrected chi connectivity index (χ3v) is 2.63. The number of hydrogen-bond acceptors (Lipinski definition) is 4. The number of rotatable bonds is 2. The molecule has 0 aliphatic heterocycles. The molecule has 0 aromatic carbocycles. The molecule has 0 aliphatic rings. The fraction of sp³-hybridized carbons (Fsp3) is 0.133. The molecule has 0 fully saturated rings. The number of nitrogens with zero attached hydrogens (tertiary/aromatic N) is 3. The molecule has 0 radical (unpaired) electrons. The SMILES string of the molecule is CN(C(=O)c1cncc(C#CCO)c1)c1cccnc1. The van der Waals surface area contributed by atoms with Crippen LogP contribution >= 0.6 is 0 Å². The van der Waals surface area contributed by atoms with Crippen LogP contribution in [0.5, 0.6) is 0 Å². The number of amides is 1. The van der Waals surface area contributed by atoms with Gasteiger partial charge in [-0.1, -0.05) is 11.8 Å². The Morgan fingerprint density at radius 3 is 2.90 bits per heavy atom. The minimum Gasteiger partial charge on any atom is -0.384 e. The van der Waals surface area contributed by atoms with Gasteiger partial charge in [-0.3, -0.25) is 14.8 Å². The summed E-state index contributed by atoms with van der Waals surface area (Å²) >= 11 is 0. The molecule has 5 nitrogen and oxygen atoms in total. The van der Waals surface area contributed by atoms with Crippen molar-refractivity contribution < 1.29 is 9.90 Å². The number of aliphatic hydroxyl groups is 1. The van der Waals surface area contributed by atoms with E-state index in [0.717, 1.165) is 0 Å². The van der Waals surface area contributed by atoms with E-state index in [1.54, 1.807) is 43.8 Å². The van der Waals surface area contributed by atoms with E-state index in [9.17, 15) is 4.79 Å². The number of aliphatic hydroxyl groups excluding tert-OH is 1. The van der Waals surface area contributed by atoms with Crippen LogP contribution in [0.1, 0.15) is 15.9 Å². The zero-order chi connectivity index (χ0) is 14.4. The highest BCUT2D eigenvalue weighted by Crippen LogP contribution is 2.13. The Labute approximate surface area is 116 Å². The second-order valence-electron chi connectivity index (χ2n) is 4.00. The molecule has 0 saturated carbocycles. The van der Waals surface area contributed by atoms with Gasteiger partial charge in [-0.05, 0) is 18.2 Å². The lowest BCUT2D eigenvalue weighted by Crippen LogP contribution is -2.26. The highest BCUT2D eigenvalue weighted by molar-refractivity contribution is 6.05. The van der Waals surface area contributed by atoms with E-state index in [0.29, 0.717) is 16.8 Å². The second-order valence-corrected chi connectivity index (χ2v) is 4.00. The van der Waals surface area contributed by atoms with Gasteiger partial charge in [-0.2, -0.15) is 0 Å². The molecule has 0 bridgehead atoms. The summed E-state index contributed by atoms with van der Waals surface area (Å²) in [6, 6.07) is 5.21. The standard InChI is InChI=1S/C15H13N3O2/c1-18(14-5-2-6-16-11-14)15(20)13-8-12(4-3-7-19)9-17-10-13/h2,5-6,8-11,19H,7H2,1H3. The predicted octanol–water partition coefficient (Wildman–Crippen LogP) is 1.10. The van der Waals surface area contributed by atoms with Gasteiger partial charge >= 0.3 is 0 Å². The molecule has 0 spiro atoms. The van der Waals surface area contributed by atoms with Crippen molar-refractivity contribution in [1.29, 1.82) is 0 Å². The summed E-state index contributed by atoms with van der Waals surface area (Å²) in [5.41, 5.74) is 1.72. The zero-order valence-corrected chi connectivity index (χ0v) is 10.9. The minimum absolute atomic E-state index is 0.196. The quantitative estimate of drug-likeness (QED) is 0.827. The fourth-order valence-corrected chi connectivity index (χ4v) is 1.63. The van der Waals surface area contributed by atoms with E-state index in [-0.39, 0.29) is 12.5 Å². The van der Waals surface area contributed by atoms with Crippen molar-refractivity contribution in [2.24, 2.45) is 0 Å². The van der Waals surface area contributed by atoms with Gasteiger partial charge in [0.1, 0.15) is 6.61 Å². The molecule has 5 heteroatoms. The topological polar surface area (TPSA) is 66.3 Å². The molecule has 0 atom stereocenters. The van der Waals surface area contributed by atoms with E-state index in [4.69, 9.17) is 5.11 Å². The molecule has 0 unspecified atom stereocenters. The molecule has 2 aromatic heterocycles. The maximum Gasteiger partial charge on any atom is 0.259 e. The maximum absolute atomic E-state index is 12.3. The lowest BCUT2D eigenvalue weighted by molar-refractivity contribution is 0.0992. The van der Waals surface area contributed by atoms with E-state index in [1.807, 2.05) is 0 Å². The summed E-state index contributed by atoms with van der Waals surface area (Å²) in [5.74, 6) is 5.05. The van der Waals surface area contributed by atoms with Crippen molar-refractivity contribution in [3.05, 3.63) is 54.1 Å². The molecule has 20 heavy (non-hydrogen) atoms. The van der Waals surface area contributed by atoms with Crippen LogP contribution in [-0.2, 0) is 0 Å². The van der Waals surface area contributed by atoms with Crippen molar-refractivity contribution >= 4 is 11.6 Å². The number of pyridine rings is 2. The maximum atomic E-state index is 12.3. The largest absolute Gasteiger partial charge is 0.384 e. The molecular formula is C15H13N3O2. The van der Waals surface area contributed by atoms with Gasteiger partial charge in [0.25, 0.3) is 5.91 Å². The van der Waals surface area contributed by atoms with Crippen LogP contribution in [0.2, 0.25) is 0 Å². The van der Waals surface area contributed by atoms with Crippen LogP contribution in [0.15, 0.2) is 43.0 Å². The Bertz CT molecular complexity index is 660. The second kappa shape index (κ2) is 6.45. The molecular weight excluding hydrogens is 254 g/mol. The fourth-order valence-electron chi connectivity index (χ4n) is 1.63. The van der Waals surface area contributed by atoms with E-state index >= 15 is 0 Å². The lowest BCUT2D eigenvalue weighted by Gasteiger charge is -2.16. The highest BCUT2D eigenvalue weighted by atomic mass is 16.2. The summed E-state index contributed by atoms with van der Waals surface area (Å²) in [5, 5.41) is 8.67. The van der Waals surface area contributed by atoms with Gasteiger partial charge in [0, 0.05) is 31.2 Å². The number of aromatic nitrogens is 2. The lowest BCUT2D eigenvalue weighted by atomic mass is 10.2. The summed E-state index contributed by atoms with van der Waals surface area (Å²) in [4.78, 5) is 21.8. The smallest absolute Gasteiger partial charge is 0.259 e. The monoisotopic (exact) mass is 267 g/mol. The van der Waals surface area contributed by atoms with Gasteiger partial charge in [0.2, 0.25) is 0 Å². The molecule has 0 saturated heterocycles. The first kappa shape index (κ1) is 13.7. The molecule has 1 N–H and O–H groups in total. The number of hydrogen-bond donors (Lipinski definition) is 1. The molecule has 100 valence electrons. The van der Waals surface area contributed by atoms with Gasteiger partial charge in [0.05, 0.1) is 17.4 Å². The average Bonchev–Trinajstić information content (AvgIpc) is 2.52. The molecule has 0 aliphatic carbocycles. The Morgan fingerprint density at radius 2 is 2.20 bits per heavy atom. The van der Waals surface area contributed by atoms with Gasteiger partial charge in [-0.15, -0.1) is 0 Å². The molecule has 2 heterocycles. The third-order valence-electron chi connectivity index (χ3n) is 2.63. The van der Waals surface area contributed by atoms with E-state index < -0.39 is 0 Å². The number of carbonyl (C=O) groups is 1. The van der Waals surface area contributed by atoms with Crippen LogP contribution < -0.4 is 4.90 Å². The Morgan fingerprint density at radius 1 is 1.35 bits per heavy atom. The minimum atomic E-state index is -0.228. The third kappa shape index (κ3) is 3.19. The molecule has 2 rings (SSSR count). The van der Waals surface area contributed by atoms with Crippen molar-refractivity contribution in [1.82, 2.24) is 9.97 Å². The van der Waals surface area contributed by atoms with Crippen LogP contribution in [0, 0.1) is 11.8 Å². The van der Waals surface area contributed by atoms with Crippen LogP contribution in [-0.4, -0.2) is 34.6 Å². The van der Waals surface area contributed by atoms with Crippen molar-refractivity contribution in [3.63, 3.8) is 0 Å². The predicted molar refractivity (Wildman–Crippen MR) is 75.2 cm³/mol. The van der Waals surface area contributed by atoms with Crippen LogP contribution in [0.3, 0.4) is 0 Å². The van der Waals surface area contributed by atoms with E-state index in [2.05, 4.69) is 21.8 Å². The van der Waals surface area contributed by atoms with Crippen molar-refractivity contribution in [3.8, 4) is 11.8 Å². The summed E-state index contributed by atoms with van der Waals surface area (Å²) < 4.78 is 0. The molecule has 2 aromatic rings. The summed E-state index contributed by atoms with van der Waals surface area (Å²) in [6.45, 7) is -0.228. The Hall–Kier alpha value is -2.71. The average molecular weight is 267 g/mol. The number of carbonyl (C=O) groups excluding carboxylic acids is 1.